The van der Waals surface area contributed by atoms with Crippen LogP contribution >= 0.6 is 6.49 Å². The second-order valence-electron chi connectivity index (χ2n) is 3.88. The number of aliphatic hydroxyl groups is 1. The van der Waals surface area contributed by atoms with Crippen molar-refractivity contribution in [2.24, 2.45) is 5.73 Å². The van der Waals surface area contributed by atoms with E-state index < -0.39 is 11.8 Å². The SMILES string of the molecule is Cc1ccc(C)c(C(O)(CN)P(O)(O)=S)c1. The predicted octanol–water partition coefficient (Wildman–Crippen LogP) is 0.701. The number of hydrogen-bond donors (Lipinski definition) is 4. The van der Waals surface area contributed by atoms with Gasteiger partial charge in [0.1, 0.15) is 0 Å². The molecule has 4 nitrogen and oxygen atoms in total. The Morgan fingerprint density at radius 1 is 1.38 bits per heavy atom. The third-order valence-corrected chi connectivity index (χ3v) is 4.88. The van der Waals surface area contributed by atoms with Crippen molar-refractivity contribution >= 4 is 18.3 Å². The molecule has 0 amide bonds. The summed E-state index contributed by atoms with van der Waals surface area (Å²) in [7, 11) is 0. The Kier molecular flexibility index (Phi) is 3.90. The smallest absolute Gasteiger partial charge is 0.221 e. The van der Waals surface area contributed by atoms with Crippen LogP contribution in [0.1, 0.15) is 16.7 Å². The van der Waals surface area contributed by atoms with Crippen LogP contribution in [0.25, 0.3) is 0 Å². The average Bonchev–Trinajstić information content (AvgIpc) is 2.19. The average molecular weight is 261 g/mol. The second-order valence-corrected chi connectivity index (χ2v) is 7.24. The molecule has 0 aliphatic heterocycles. The molecule has 6 heteroatoms. The van der Waals surface area contributed by atoms with Crippen molar-refractivity contribution < 1.29 is 14.9 Å². The van der Waals surface area contributed by atoms with Crippen LogP contribution < -0.4 is 5.73 Å². The van der Waals surface area contributed by atoms with Gasteiger partial charge in [-0.25, -0.2) is 0 Å². The molecule has 0 heterocycles. The van der Waals surface area contributed by atoms with Crippen LogP contribution in [-0.4, -0.2) is 21.4 Å². The summed E-state index contributed by atoms with van der Waals surface area (Å²) < 4.78 is 0. The Labute approximate surface area is 99.9 Å². The van der Waals surface area contributed by atoms with E-state index in [2.05, 4.69) is 11.8 Å². The van der Waals surface area contributed by atoms with Crippen LogP contribution in [-0.2, 0) is 17.1 Å². The molecule has 1 unspecified atom stereocenters. The Balaban J connectivity index is 3.45. The van der Waals surface area contributed by atoms with Gasteiger partial charge >= 0.3 is 0 Å². The lowest BCUT2D eigenvalue weighted by atomic mass is 10.0. The standard InChI is InChI=1S/C10H16NO3PS/c1-7-3-4-8(2)9(5-7)10(12,6-11)15(13,14)16/h3-5,12H,6,11H2,1-2H3,(H2,13,14,16). The third-order valence-electron chi connectivity index (χ3n) is 2.59. The van der Waals surface area contributed by atoms with Crippen molar-refractivity contribution in [3.63, 3.8) is 0 Å². The van der Waals surface area contributed by atoms with Crippen molar-refractivity contribution in [3.05, 3.63) is 34.9 Å². The van der Waals surface area contributed by atoms with Gasteiger partial charge in [-0.15, -0.1) is 0 Å². The van der Waals surface area contributed by atoms with Gasteiger partial charge in [0.15, 0.2) is 5.34 Å². The van der Waals surface area contributed by atoms with Gasteiger partial charge in [0.25, 0.3) is 0 Å². The maximum Gasteiger partial charge on any atom is 0.221 e. The van der Waals surface area contributed by atoms with Crippen molar-refractivity contribution in [2.75, 3.05) is 6.54 Å². The van der Waals surface area contributed by atoms with E-state index in [1.165, 1.54) is 0 Å². The molecule has 0 saturated carbocycles. The lowest BCUT2D eigenvalue weighted by Gasteiger charge is -2.32. The first-order valence-corrected chi connectivity index (χ1v) is 7.49. The fraction of sp³-hybridized carbons (Fsp3) is 0.400. The number of benzene rings is 1. The number of rotatable bonds is 3. The van der Waals surface area contributed by atoms with E-state index in [1.807, 2.05) is 13.0 Å². The minimum Gasteiger partial charge on any atom is -0.374 e. The van der Waals surface area contributed by atoms with E-state index in [9.17, 15) is 14.9 Å². The molecular weight excluding hydrogens is 245 g/mol. The molecule has 0 bridgehead atoms. The van der Waals surface area contributed by atoms with E-state index in [0.29, 0.717) is 5.56 Å². The quantitative estimate of drug-likeness (QED) is 0.602. The molecule has 1 aromatic rings. The van der Waals surface area contributed by atoms with Gasteiger partial charge in [0, 0.05) is 6.54 Å². The lowest BCUT2D eigenvalue weighted by molar-refractivity contribution is 0.114. The van der Waals surface area contributed by atoms with Crippen LogP contribution in [0.5, 0.6) is 0 Å². The molecule has 90 valence electrons. The molecule has 0 aliphatic rings. The van der Waals surface area contributed by atoms with Gasteiger partial charge < -0.3 is 20.6 Å². The summed E-state index contributed by atoms with van der Waals surface area (Å²) in [6.45, 7) is -0.601. The molecule has 0 fully saturated rings. The molecule has 1 atom stereocenters. The molecule has 0 aliphatic carbocycles. The summed E-state index contributed by atoms with van der Waals surface area (Å²) in [5.41, 5.74) is 7.46. The summed E-state index contributed by atoms with van der Waals surface area (Å²) in [5.74, 6) is 0. The second kappa shape index (κ2) is 4.53. The Bertz CT molecular complexity index is 446. The number of aryl methyl sites for hydroxylation is 2. The Morgan fingerprint density at radius 2 is 1.94 bits per heavy atom. The maximum absolute atomic E-state index is 10.3. The molecule has 0 saturated heterocycles. The molecule has 0 aromatic heterocycles. The lowest BCUT2D eigenvalue weighted by Crippen LogP contribution is -2.35. The summed E-state index contributed by atoms with van der Waals surface area (Å²) in [6, 6.07) is 5.33. The van der Waals surface area contributed by atoms with Crippen molar-refractivity contribution in [3.8, 4) is 0 Å². The fourth-order valence-electron chi connectivity index (χ4n) is 1.55. The highest BCUT2D eigenvalue weighted by molar-refractivity contribution is 8.09. The van der Waals surface area contributed by atoms with Crippen LogP contribution in [0.3, 0.4) is 0 Å². The highest BCUT2D eigenvalue weighted by Crippen LogP contribution is 2.55. The van der Waals surface area contributed by atoms with Crippen LogP contribution in [0, 0.1) is 13.8 Å². The summed E-state index contributed by atoms with van der Waals surface area (Å²) >= 11 is 4.60. The molecule has 16 heavy (non-hydrogen) atoms. The van der Waals surface area contributed by atoms with Crippen molar-refractivity contribution in [2.45, 2.75) is 19.2 Å². The molecule has 5 N–H and O–H groups in total. The minimum absolute atomic E-state index is 0.318. The first-order valence-electron chi connectivity index (χ1n) is 4.78. The summed E-state index contributed by atoms with van der Waals surface area (Å²) in [5, 5.41) is 8.32. The van der Waals surface area contributed by atoms with Gasteiger partial charge in [-0.05, 0) is 36.8 Å². The topological polar surface area (TPSA) is 86.7 Å². The molecule has 1 rings (SSSR count). The maximum atomic E-state index is 10.3. The number of nitrogens with two attached hydrogens (primary N) is 1. The van der Waals surface area contributed by atoms with E-state index in [1.54, 1.807) is 19.1 Å². The van der Waals surface area contributed by atoms with E-state index in [0.717, 1.165) is 11.1 Å². The summed E-state index contributed by atoms with van der Waals surface area (Å²) in [4.78, 5) is 19.1. The highest BCUT2D eigenvalue weighted by Gasteiger charge is 2.42. The Morgan fingerprint density at radius 3 is 2.38 bits per heavy atom. The number of hydrogen-bond acceptors (Lipinski definition) is 3. The van der Waals surface area contributed by atoms with Gasteiger partial charge in [-0.3, -0.25) is 0 Å². The largest absolute Gasteiger partial charge is 0.374 e. The third kappa shape index (κ3) is 2.35. The normalized spacial score (nSPS) is 15.9. The molecule has 0 spiro atoms. The first kappa shape index (κ1) is 13.8. The zero-order chi connectivity index (χ0) is 12.6. The first-order chi connectivity index (χ1) is 7.22. The molecular formula is C10H16NO3PS. The van der Waals surface area contributed by atoms with Crippen LogP contribution in [0.15, 0.2) is 18.2 Å². The van der Waals surface area contributed by atoms with Gasteiger partial charge in [-0.1, -0.05) is 23.8 Å². The van der Waals surface area contributed by atoms with Gasteiger partial charge in [0.2, 0.25) is 6.49 Å². The zero-order valence-electron chi connectivity index (χ0n) is 9.21. The van der Waals surface area contributed by atoms with Crippen LogP contribution in [0.2, 0.25) is 0 Å². The van der Waals surface area contributed by atoms with E-state index in [-0.39, 0.29) is 6.54 Å². The molecule has 0 radical (unpaired) electrons. The Hall–Kier alpha value is -0.290. The predicted molar refractivity (Wildman–Crippen MR) is 67.6 cm³/mol. The zero-order valence-corrected chi connectivity index (χ0v) is 10.9. The van der Waals surface area contributed by atoms with Gasteiger partial charge in [-0.2, -0.15) is 0 Å². The van der Waals surface area contributed by atoms with Gasteiger partial charge in [0.05, 0.1) is 0 Å². The van der Waals surface area contributed by atoms with Crippen molar-refractivity contribution in [1.29, 1.82) is 0 Å². The highest BCUT2D eigenvalue weighted by atomic mass is 32.5. The van der Waals surface area contributed by atoms with E-state index >= 15 is 0 Å². The summed E-state index contributed by atoms with van der Waals surface area (Å²) in [6.07, 6.45) is 0. The van der Waals surface area contributed by atoms with E-state index in [4.69, 9.17) is 5.73 Å². The van der Waals surface area contributed by atoms with Crippen molar-refractivity contribution in [1.82, 2.24) is 0 Å². The molecule has 1 aromatic carbocycles. The monoisotopic (exact) mass is 261 g/mol. The fourth-order valence-corrected chi connectivity index (χ4v) is 2.86. The van der Waals surface area contributed by atoms with Crippen LogP contribution in [0.4, 0.5) is 0 Å². The minimum atomic E-state index is -3.89.